The Morgan fingerprint density at radius 2 is 2.22 bits per heavy atom. The van der Waals surface area contributed by atoms with E-state index in [-0.39, 0.29) is 11.9 Å². The molecule has 5 nitrogen and oxygen atoms in total. The lowest BCUT2D eigenvalue weighted by Gasteiger charge is -2.12. The van der Waals surface area contributed by atoms with E-state index in [1.54, 1.807) is 10.7 Å². The summed E-state index contributed by atoms with van der Waals surface area (Å²) in [6, 6.07) is 4.52. The molecule has 0 bridgehead atoms. The van der Waals surface area contributed by atoms with Crippen molar-refractivity contribution < 1.29 is 4.39 Å². The average molecular weight is 249 g/mol. The fourth-order valence-corrected chi connectivity index (χ4v) is 1.92. The van der Waals surface area contributed by atoms with Crippen LogP contribution in [0.3, 0.4) is 0 Å². The minimum Gasteiger partial charge on any atom is -0.399 e. The number of nitrogens with zero attached hydrogens (tertiary/aromatic N) is 4. The van der Waals surface area contributed by atoms with Gasteiger partial charge >= 0.3 is 0 Å². The quantitative estimate of drug-likeness (QED) is 0.845. The smallest absolute Gasteiger partial charge is 0.185 e. The van der Waals surface area contributed by atoms with Gasteiger partial charge in [-0.1, -0.05) is 13.3 Å². The molecule has 2 rings (SSSR count). The van der Waals surface area contributed by atoms with Crippen molar-refractivity contribution in [1.29, 1.82) is 0 Å². The third-order valence-electron chi connectivity index (χ3n) is 2.85. The summed E-state index contributed by atoms with van der Waals surface area (Å²) in [5.74, 6) is 0.0460. The van der Waals surface area contributed by atoms with Gasteiger partial charge in [0.2, 0.25) is 0 Å². The van der Waals surface area contributed by atoms with E-state index < -0.39 is 0 Å². The summed E-state index contributed by atoms with van der Waals surface area (Å²) in [4.78, 5) is 0. The Morgan fingerprint density at radius 3 is 2.94 bits per heavy atom. The Labute approximate surface area is 105 Å². The first kappa shape index (κ1) is 12.5. The number of nitrogens with two attached hydrogens (primary N) is 1. The monoisotopic (exact) mass is 249 g/mol. The number of tetrazole rings is 1. The highest BCUT2D eigenvalue weighted by Gasteiger charge is 2.17. The van der Waals surface area contributed by atoms with Gasteiger partial charge in [-0.25, -0.2) is 9.07 Å². The molecule has 0 aliphatic heterocycles. The number of hydrogen-bond donors (Lipinski definition) is 1. The number of anilines is 1. The Morgan fingerprint density at radius 1 is 1.44 bits per heavy atom. The Balaban J connectivity index is 2.45. The predicted molar refractivity (Wildman–Crippen MR) is 67.2 cm³/mol. The van der Waals surface area contributed by atoms with Crippen molar-refractivity contribution in [1.82, 2.24) is 20.2 Å². The van der Waals surface area contributed by atoms with Gasteiger partial charge in [-0.15, -0.1) is 5.10 Å². The largest absolute Gasteiger partial charge is 0.399 e. The molecule has 18 heavy (non-hydrogen) atoms. The van der Waals surface area contributed by atoms with Crippen LogP contribution in [0.5, 0.6) is 0 Å². The molecule has 0 fully saturated rings. The van der Waals surface area contributed by atoms with Crippen molar-refractivity contribution in [2.24, 2.45) is 0 Å². The number of aromatic nitrogens is 4. The van der Waals surface area contributed by atoms with Gasteiger partial charge in [0, 0.05) is 5.69 Å². The Kier molecular flexibility index (Phi) is 3.55. The van der Waals surface area contributed by atoms with Gasteiger partial charge in [0.1, 0.15) is 5.82 Å². The maximum Gasteiger partial charge on any atom is 0.185 e. The summed E-state index contributed by atoms with van der Waals surface area (Å²) in [7, 11) is 0. The first-order valence-electron chi connectivity index (χ1n) is 5.96. The molecule has 1 atom stereocenters. The van der Waals surface area contributed by atoms with E-state index in [1.807, 2.05) is 6.92 Å². The van der Waals surface area contributed by atoms with E-state index in [0.717, 1.165) is 12.8 Å². The molecular weight excluding hydrogens is 233 g/mol. The van der Waals surface area contributed by atoms with Gasteiger partial charge in [-0.3, -0.25) is 0 Å². The van der Waals surface area contributed by atoms with E-state index in [4.69, 9.17) is 5.73 Å². The molecule has 96 valence electrons. The normalized spacial score (nSPS) is 12.6. The predicted octanol–water partition coefficient (Wildman–Crippen LogP) is 2.42. The van der Waals surface area contributed by atoms with Gasteiger partial charge in [0.05, 0.1) is 11.6 Å². The van der Waals surface area contributed by atoms with Gasteiger partial charge < -0.3 is 5.73 Å². The lowest BCUT2D eigenvalue weighted by Crippen LogP contribution is -2.09. The number of nitrogen functional groups attached to an aromatic ring is 1. The lowest BCUT2D eigenvalue weighted by atomic mass is 10.1. The third kappa shape index (κ3) is 2.32. The topological polar surface area (TPSA) is 69.6 Å². The zero-order valence-electron chi connectivity index (χ0n) is 10.5. The van der Waals surface area contributed by atoms with Crippen LogP contribution in [0.1, 0.15) is 32.7 Å². The summed E-state index contributed by atoms with van der Waals surface area (Å²) < 4.78 is 15.4. The SMILES string of the molecule is CCCC(C)n1nnnc1-c1cc(N)ccc1F. The molecule has 1 unspecified atom stereocenters. The van der Waals surface area contributed by atoms with Crippen LogP contribution in [-0.2, 0) is 0 Å². The van der Waals surface area contributed by atoms with E-state index in [1.165, 1.54) is 12.1 Å². The second kappa shape index (κ2) is 5.12. The highest BCUT2D eigenvalue weighted by molar-refractivity contribution is 5.61. The van der Waals surface area contributed by atoms with E-state index in [2.05, 4.69) is 22.4 Å². The molecule has 0 saturated carbocycles. The van der Waals surface area contributed by atoms with Crippen molar-refractivity contribution in [3.63, 3.8) is 0 Å². The maximum atomic E-state index is 13.8. The molecule has 2 aromatic rings. The van der Waals surface area contributed by atoms with E-state index in [0.29, 0.717) is 17.1 Å². The maximum absolute atomic E-state index is 13.8. The second-order valence-electron chi connectivity index (χ2n) is 4.32. The lowest BCUT2D eigenvalue weighted by molar-refractivity contribution is 0.446. The number of benzene rings is 1. The van der Waals surface area contributed by atoms with Crippen LogP contribution >= 0.6 is 0 Å². The molecule has 0 aliphatic carbocycles. The number of rotatable bonds is 4. The second-order valence-corrected chi connectivity index (χ2v) is 4.32. The van der Waals surface area contributed by atoms with Crippen molar-refractivity contribution in [3.8, 4) is 11.4 Å². The zero-order chi connectivity index (χ0) is 13.1. The molecule has 0 spiro atoms. The van der Waals surface area contributed by atoms with Crippen LogP contribution in [0, 0.1) is 5.82 Å². The van der Waals surface area contributed by atoms with Crippen LogP contribution in [-0.4, -0.2) is 20.2 Å². The first-order valence-corrected chi connectivity index (χ1v) is 5.96. The van der Waals surface area contributed by atoms with Crippen molar-refractivity contribution in [2.75, 3.05) is 5.73 Å². The minimum atomic E-state index is -0.371. The minimum absolute atomic E-state index is 0.126. The molecule has 1 aromatic heterocycles. The summed E-state index contributed by atoms with van der Waals surface area (Å²) >= 11 is 0. The number of halogens is 1. The van der Waals surface area contributed by atoms with Crippen LogP contribution in [0.4, 0.5) is 10.1 Å². The molecule has 1 heterocycles. The van der Waals surface area contributed by atoms with Crippen LogP contribution in [0.25, 0.3) is 11.4 Å². The molecule has 2 N–H and O–H groups in total. The van der Waals surface area contributed by atoms with Crippen molar-refractivity contribution >= 4 is 5.69 Å². The molecule has 0 aliphatic rings. The average Bonchev–Trinajstić information content (AvgIpc) is 2.81. The van der Waals surface area contributed by atoms with Gasteiger partial charge in [-0.05, 0) is 42.0 Å². The molecule has 1 aromatic carbocycles. The van der Waals surface area contributed by atoms with Gasteiger partial charge in [0.25, 0.3) is 0 Å². The van der Waals surface area contributed by atoms with Crippen LogP contribution in [0.2, 0.25) is 0 Å². The summed E-state index contributed by atoms with van der Waals surface area (Å²) in [5.41, 5.74) is 6.50. The molecule has 0 saturated heterocycles. The fraction of sp³-hybridized carbons (Fsp3) is 0.417. The van der Waals surface area contributed by atoms with Crippen LogP contribution < -0.4 is 5.73 Å². The first-order chi connectivity index (χ1) is 8.63. The Bertz CT molecular complexity index is 537. The van der Waals surface area contributed by atoms with Crippen LogP contribution in [0.15, 0.2) is 18.2 Å². The molecule has 0 radical (unpaired) electrons. The molecule has 6 heteroatoms. The van der Waals surface area contributed by atoms with Crippen molar-refractivity contribution in [2.45, 2.75) is 32.7 Å². The highest BCUT2D eigenvalue weighted by Crippen LogP contribution is 2.25. The van der Waals surface area contributed by atoms with Gasteiger partial charge in [0.15, 0.2) is 5.82 Å². The van der Waals surface area contributed by atoms with Crippen molar-refractivity contribution in [3.05, 3.63) is 24.0 Å². The Hall–Kier alpha value is -1.98. The molecular formula is C12H16FN5. The fourth-order valence-electron chi connectivity index (χ4n) is 1.92. The summed E-state index contributed by atoms with van der Waals surface area (Å²) in [5, 5.41) is 11.5. The van der Waals surface area contributed by atoms with E-state index in [9.17, 15) is 4.39 Å². The highest BCUT2D eigenvalue weighted by atomic mass is 19.1. The number of hydrogen-bond acceptors (Lipinski definition) is 4. The third-order valence-corrected chi connectivity index (χ3v) is 2.85. The van der Waals surface area contributed by atoms with E-state index >= 15 is 0 Å². The zero-order valence-corrected chi connectivity index (χ0v) is 10.5. The summed E-state index contributed by atoms with van der Waals surface area (Å²) in [6.45, 7) is 4.09. The van der Waals surface area contributed by atoms with Gasteiger partial charge in [-0.2, -0.15) is 0 Å². The standard InChI is InChI=1S/C12H16FN5/c1-3-4-8(2)18-12(15-16-17-18)10-7-9(14)5-6-11(10)13/h5-8H,3-4,14H2,1-2H3. The molecule has 0 amide bonds. The summed E-state index contributed by atoms with van der Waals surface area (Å²) in [6.07, 6.45) is 1.95.